The third-order valence-electron chi connectivity index (χ3n) is 4.34. The van der Waals surface area contributed by atoms with Crippen molar-refractivity contribution in [2.24, 2.45) is 5.92 Å². The highest BCUT2D eigenvalue weighted by Crippen LogP contribution is 2.35. The minimum absolute atomic E-state index is 0.379. The summed E-state index contributed by atoms with van der Waals surface area (Å²) in [7, 11) is 0. The van der Waals surface area contributed by atoms with E-state index in [1.165, 1.54) is 38.5 Å². The van der Waals surface area contributed by atoms with Gasteiger partial charge in [-0.15, -0.1) is 11.6 Å². The Morgan fingerprint density at radius 2 is 1.88 bits per heavy atom. The van der Waals surface area contributed by atoms with Crippen molar-refractivity contribution in [3.05, 3.63) is 0 Å². The summed E-state index contributed by atoms with van der Waals surface area (Å²) in [5.74, 6) is 1.86. The summed E-state index contributed by atoms with van der Waals surface area (Å²) in [5, 5.41) is 0. The molecule has 0 N–H and O–H groups in total. The number of alkyl halides is 1. The lowest BCUT2D eigenvalue weighted by atomic mass is 9.96. The van der Waals surface area contributed by atoms with E-state index in [0.29, 0.717) is 24.2 Å². The molecule has 1 heterocycles. The highest BCUT2D eigenvalue weighted by molar-refractivity contribution is 6.17. The molecule has 1 atom stereocenters. The van der Waals surface area contributed by atoms with Gasteiger partial charge < -0.3 is 4.90 Å². The topological polar surface area (TPSA) is 20.3 Å². The first-order valence-corrected chi connectivity index (χ1v) is 7.72. The van der Waals surface area contributed by atoms with Crippen molar-refractivity contribution < 1.29 is 4.79 Å². The van der Waals surface area contributed by atoms with Crippen molar-refractivity contribution in [2.45, 2.75) is 63.8 Å². The Balaban J connectivity index is 1.83. The van der Waals surface area contributed by atoms with E-state index in [-0.39, 0.29) is 0 Å². The first-order valence-electron chi connectivity index (χ1n) is 7.18. The SMILES string of the molecule is O=C(CCCCCl)N1CCCC1C1CCCC1. The molecule has 1 saturated heterocycles. The molecule has 0 bridgehead atoms. The first kappa shape index (κ1) is 13.2. The molecule has 2 fully saturated rings. The predicted molar refractivity (Wildman–Crippen MR) is 71.3 cm³/mol. The molecule has 17 heavy (non-hydrogen) atoms. The molecule has 2 rings (SSSR count). The first-order chi connectivity index (χ1) is 8.33. The Kier molecular flexibility index (Phi) is 5.15. The van der Waals surface area contributed by atoms with Crippen LogP contribution in [-0.2, 0) is 4.79 Å². The second-order valence-corrected chi connectivity index (χ2v) is 5.87. The Hall–Kier alpha value is -0.240. The molecule has 0 radical (unpaired) electrons. The Bertz CT molecular complexity index is 251. The Morgan fingerprint density at radius 1 is 1.12 bits per heavy atom. The van der Waals surface area contributed by atoms with Crippen LogP contribution in [0.25, 0.3) is 0 Å². The van der Waals surface area contributed by atoms with Crippen molar-refractivity contribution in [1.82, 2.24) is 4.90 Å². The summed E-state index contributed by atoms with van der Waals surface area (Å²) in [4.78, 5) is 14.4. The smallest absolute Gasteiger partial charge is 0.222 e. The Morgan fingerprint density at radius 3 is 2.59 bits per heavy atom. The number of carbonyl (C=O) groups excluding carboxylic acids is 1. The zero-order valence-electron chi connectivity index (χ0n) is 10.7. The zero-order valence-corrected chi connectivity index (χ0v) is 11.4. The van der Waals surface area contributed by atoms with Gasteiger partial charge in [-0.05, 0) is 44.4 Å². The van der Waals surface area contributed by atoms with E-state index in [9.17, 15) is 4.79 Å². The molecule has 1 unspecified atom stereocenters. The van der Waals surface area contributed by atoms with Crippen LogP contribution in [0, 0.1) is 5.92 Å². The fourth-order valence-electron chi connectivity index (χ4n) is 3.45. The summed E-state index contributed by atoms with van der Waals surface area (Å²) < 4.78 is 0. The van der Waals surface area contributed by atoms with Crippen LogP contribution >= 0.6 is 11.6 Å². The standard InChI is InChI=1S/C14H24ClNO/c15-10-4-3-9-14(17)16-11-5-8-13(16)12-6-1-2-7-12/h12-13H,1-11H2. The van der Waals surface area contributed by atoms with E-state index in [1.807, 2.05) is 0 Å². The lowest BCUT2D eigenvalue weighted by Crippen LogP contribution is -2.39. The van der Waals surface area contributed by atoms with Crippen molar-refractivity contribution in [3.8, 4) is 0 Å². The molecular weight excluding hydrogens is 234 g/mol. The molecule has 1 aliphatic carbocycles. The minimum atomic E-state index is 0.379. The molecule has 0 aromatic heterocycles. The maximum Gasteiger partial charge on any atom is 0.222 e. The molecular formula is C14H24ClNO. The number of rotatable bonds is 5. The maximum atomic E-state index is 12.2. The molecule has 0 aromatic carbocycles. The number of halogens is 1. The van der Waals surface area contributed by atoms with Crippen molar-refractivity contribution >= 4 is 17.5 Å². The molecule has 2 aliphatic rings. The third kappa shape index (κ3) is 3.37. The average molecular weight is 258 g/mol. The van der Waals surface area contributed by atoms with Gasteiger partial charge in [0, 0.05) is 24.9 Å². The zero-order chi connectivity index (χ0) is 12.1. The van der Waals surface area contributed by atoms with E-state index in [4.69, 9.17) is 11.6 Å². The van der Waals surface area contributed by atoms with Crippen LogP contribution in [0.3, 0.4) is 0 Å². The summed E-state index contributed by atoms with van der Waals surface area (Å²) >= 11 is 5.65. The van der Waals surface area contributed by atoms with E-state index in [1.54, 1.807) is 0 Å². The monoisotopic (exact) mass is 257 g/mol. The van der Waals surface area contributed by atoms with Gasteiger partial charge in [-0.3, -0.25) is 4.79 Å². The number of unbranched alkanes of at least 4 members (excludes halogenated alkanes) is 1. The summed E-state index contributed by atoms with van der Waals surface area (Å²) in [6, 6.07) is 0.570. The molecule has 2 nitrogen and oxygen atoms in total. The van der Waals surface area contributed by atoms with Crippen molar-refractivity contribution in [1.29, 1.82) is 0 Å². The second kappa shape index (κ2) is 6.63. The van der Waals surface area contributed by atoms with Crippen LogP contribution in [0.4, 0.5) is 0 Å². The van der Waals surface area contributed by atoms with Crippen LogP contribution in [0.2, 0.25) is 0 Å². The van der Waals surface area contributed by atoms with Gasteiger partial charge in [0.15, 0.2) is 0 Å². The number of hydrogen-bond donors (Lipinski definition) is 0. The lowest BCUT2D eigenvalue weighted by Gasteiger charge is -2.29. The number of likely N-dealkylation sites (tertiary alicyclic amines) is 1. The number of amides is 1. The molecule has 1 amide bonds. The van der Waals surface area contributed by atoms with E-state index in [0.717, 1.165) is 25.3 Å². The molecule has 0 spiro atoms. The van der Waals surface area contributed by atoms with Gasteiger partial charge in [0.2, 0.25) is 5.91 Å². The van der Waals surface area contributed by atoms with Gasteiger partial charge in [-0.25, -0.2) is 0 Å². The molecule has 98 valence electrons. The van der Waals surface area contributed by atoms with Gasteiger partial charge in [0.1, 0.15) is 0 Å². The third-order valence-corrected chi connectivity index (χ3v) is 4.61. The molecule has 0 aromatic rings. The average Bonchev–Trinajstić information content (AvgIpc) is 2.99. The minimum Gasteiger partial charge on any atom is -0.339 e. The molecule has 1 saturated carbocycles. The maximum absolute atomic E-state index is 12.2. The quantitative estimate of drug-likeness (QED) is 0.545. The second-order valence-electron chi connectivity index (χ2n) is 5.49. The van der Waals surface area contributed by atoms with E-state index < -0.39 is 0 Å². The van der Waals surface area contributed by atoms with Crippen LogP contribution in [0.5, 0.6) is 0 Å². The fourth-order valence-corrected chi connectivity index (χ4v) is 3.64. The van der Waals surface area contributed by atoms with Crippen LogP contribution in [-0.4, -0.2) is 29.3 Å². The van der Waals surface area contributed by atoms with Gasteiger partial charge in [-0.2, -0.15) is 0 Å². The highest BCUT2D eigenvalue weighted by atomic mass is 35.5. The summed E-state index contributed by atoms with van der Waals surface area (Å²) in [5.41, 5.74) is 0. The van der Waals surface area contributed by atoms with Gasteiger partial charge in [0.25, 0.3) is 0 Å². The Labute approximate surface area is 110 Å². The van der Waals surface area contributed by atoms with E-state index >= 15 is 0 Å². The van der Waals surface area contributed by atoms with Gasteiger partial charge in [-0.1, -0.05) is 12.8 Å². The van der Waals surface area contributed by atoms with E-state index in [2.05, 4.69) is 4.90 Å². The predicted octanol–water partition coefficient (Wildman–Crippen LogP) is 3.58. The van der Waals surface area contributed by atoms with Crippen LogP contribution in [0.1, 0.15) is 57.8 Å². The number of nitrogens with zero attached hydrogens (tertiary/aromatic N) is 1. The lowest BCUT2D eigenvalue weighted by molar-refractivity contribution is -0.133. The number of carbonyl (C=O) groups is 1. The van der Waals surface area contributed by atoms with Crippen molar-refractivity contribution in [2.75, 3.05) is 12.4 Å². The van der Waals surface area contributed by atoms with Crippen molar-refractivity contribution in [3.63, 3.8) is 0 Å². The van der Waals surface area contributed by atoms with Gasteiger partial charge >= 0.3 is 0 Å². The molecule has 1 aliphatic heterocycles. The fraction of sp³-hybridized carbons (Fsp3) is 0.929. The summed E-state index contributed by atoms with van der Waals surface area (Å²) in [6.45, 7) is 1.00. The number of hydrogen-bond acceptors (Lipinski definition) is 1. The highest BCUT2D eigenvalue weighted by Gasteiger charge is 2.35. The molecule has 3 heteroatoms. The van der Waals surface area contributed by atoms with Crippen LogP contribution in [0.15, 0.2) is 0 Å². The van der Waals surface area contributed by atoms with Gasteiger partial charge in [0.05, 0.1) is 0 Å². The normalized spacial score (nSPS) is 25.7. The summed E-state index contributed by atoms with van der Waals surface area (Å²) in [6.07, 6.45) is 10.5. The van der Waals surface area contributed by atoms with Crippen LogP contribution < -0.4 is 0 Å². The largest absolute Gasteiger partial charge is 0.339 e.